The number of aliphatic hydroxyl groups excluding tert-OH is 1. The van der Waals surface area contributed by atoms with Crippen molar-refractivity contribution in [3.8, 4) is 0 Å². The number of carbonyl (C=O) groups excluding carboxylic acids is 1. The molecule has 0 fully saturated rings. The topological polar surface area (TPSA) is 79.5 Å². The average Bonchev–Trinajstić information content (AvgIpc) is 2.99. The quantitative estimate of drug-likeness (QED) is 0.347. The van der Waals surface area contributed by atoms with E-state index in [1.807, 2.05) is 0 Å². The second-order valence-corrected chi connectivity index (χ2v) is 6.66. The molecule has 0 spiro atoms. The maximum absolute atomic E-state index is 12.7. The van der Waals surface area contributed by atoms with Gasteiger partial charge in [0.05, 0.1) is 5.56 Å². The number of fused-ring (bicyclic) bond motifs is 1. The van der Waals surface area contributed by atoms with Gasteiger partial charge in [-0.05, 0) is 35.9 Å². The molecule has 1 heterocycles. The summed E-state index contributed by atoms with van der Waals surface area (Å²) in [5.41, 5.74) is 0.566. The van der Waals surface area contributed by atoms with Crippen molar-refractivity contribution in [3.05, 3.63) is 76.5 Å². The van der Waals surface area contributed by atoms with Gasteiger partial charge in [0.1, 0.15) is 5.76 Å². The predicted octanol–water partition coefficient (Wildman–Crippen LogP) is 4.91. The number of nitrogens with zero attached hydrogens (tertiary/aromatic N) is 1. The molecule has 0 aliphatic heterocycles. The fraction of sp³-hybridized carbons (Fsp3) is 0.100. The predicted molar refractivity (Wildman–Crippen MR) is 101 cm³/mol. The SMILES string of the molecule is O=C(O)C(=O)/C=C(/O)c1cn(Cc2ccc(C(F)(F)F)cc2)c2ccc(Cl)cc12. The molecule has 3 rings (SSSR count). The summed E-state index contributed by atoms with van der Waals surface area (Å²) in [5.74, 6) is -3.58. The van der Waals surface area contributed by atoms with Crippen molar-refractivity contribution >= 4 is 40.0 Å². The number of ketones is 1. The number of halogens is 4. The molecule has 3 aromatic rings. The van der Waals surface area contributed by atoms with Gasteiger partial charge in [0.2, 0.25) is 0 Å². The maximum Gasteiger partial charge on any atom is 0.416 e. The molecule has 0 amide bonds. The first kappa shape index (κ1) is 20.5. The molecule has 29 heavy (non-hydrogen) atoms. The van der Waals surface area contributed by atoms with Crippen molar-refractivity contribution in [1.29, 1.82) is 0 Å². The van der Waals surface area contributed by atoms with Crippen molar-refractivity contribution in [2.75, 3.05) is 0 Å². The van der Waals surface area contributed by atoms with Crippen LogP contribution in [0.1, 0.15) is 16.7 Å². The number of aliphatic carboxylic acids is 1. The lowest BCUT2D eigenvalue weighted by atomic mass is 10.1. The van der Waals surface area contributed by atoms with Crippen LogP contribution in [0.2, 0.25) is 5.02 Å². The lowest BCUT2D eigenvalue weighted by Crippen LogP contribution is -2.09. The zero-order valence-electron chi connectivity index (χ0n) is 14.6. The van der Waals surface area contributed by atoms with Crippen LogP contribution in [0.3, 0.4) is 0 Å². The fourth-order valence-electron chi connectivity index (χ4n) is 2.86. The largest absolute Gasteiger partial charge is 0.507 e. The third-order valence-corrected chi connectivity index (χ3v) is 4.47. The van der Waals surface area contributed by atoms with Gasteiger partial charge in [0.15, 0.2) is 0 Å². The van der Waals surface area contributed by atoms with Crippen LogP contribution in [0.25, 0.3) is 16.7 Å². The molecule has 2 N–H and O–H groups in total. The smallest absolute Gasteiger partial charge is 0.416 e. The summed E-state index contributed by atoms with van der Waals surface area (Å²) in [4.78, 5) is 22.1. The Kier molecular flexibility index (Phi) is 5.39. The van der Waals surface area contributed by atoms with E-state index in [2.05, 4.69) is 0 Å². The monoisotopic (exact) mass is 423 g/mol. The Bertz CT molecular complexity index is 1130. The standard InChI is InChI=1S/C20H13ClF3NO4/c21-13-5-6-16-14(7-13)15(17(26)8-18(27)19(28)29)10-25(16)9-11-1-3-12(4-2-11)20(22,23)24/h1-8,10,26H,9H2,(H,28,29)/b17-8+. The molecule has 150 valence electrons. The number of hydrogen-bond acceptors (Lipinski definition) is 3. The Morgan fingerprint density at radius 2 is 1.72 bits per heavy atom. The van der Waals surface area contributed by atoms with Crippen LogP contribution >= 0.6 is 11.6 Å². The minimum atomic E-state index is -4.43. The van der Waals surface area contributed by atoms with Gasteiger partial charge < -0.3 is 14.8 Å². The molecule has 2 aromatic carbocycles. The highest BCUT2D eigenvalue weighted by Crippen LogP contribution is 2.31. The Labute approximate surface area is 167 Å². The van der Waals surface area contributed by atoms with E-state index in [9.17, 15) is 27.9 Å². The van der Waals surface area contributed by atoms with Gasteiger partial charge in [-0.3, -0.25) is 4.79 Å². The van der Waals surface area contributed by atoms with Crippen molar-refractivity contribution in [3.63, 3.8) is 0 Å². The summed E-state index contributed by atoms with van der Waals surface area (Å²) in [6.45, 7) is 0.177. The van der Waals surface area contributed by atoms with E-state index < -0.39 is 29.3 Å². The highest BCUT2D eigenvalue weighted by Gasteiger charge is 2.30. The molecule has 0 aliphatic carbocycles. The van der Waals surface area contributed by atoms with E-state index in [-0.39, 0.29) is 12.1 Å². The van der Waals surface area contributed by atoms with Gasteiger partial charge in [0, 0.05) is 40.3 Å². The van der Waals surface area contributed by atoms with Gasteiger partial charge >= 0.3 is 12.1 Å². The number of hydrogen-bond donors (Lipinski definition) is 2. The van der Waals surface area contributed by atoms with Gasteiger partial charge in [-0.1, -0.05) is 23.7 Å². The summed E-state index contributed by atoms with van der Waals surface area (Å²) in [5, 5.41) is 19.7. The number of aliphatic hydroxyl groups is 1. The lowest BCUT2D eigenvalue weighted by Gasteiger charge is -2.09. The van der Waals surface area contributed by atoms with E-state index in [1.165, 1.54) is 24.4 Å². The molecule has 1 aromatic heterocycles. The second-order valence-electron chi connectivity index (χ2n) is 6.23. The first-order valence-electron chi connectivity index (χ1n) is 8.19. The van der Waals surface area contributed by atoms with Crippen LogP contribution in [0, 0.1) is 0 Å². The first-order valence-corrected chi connectivity index (χ1v) is 8.57. The molecule has 0 bridgehead atoms. The summed E-state index contributed by atoms with van der Waals surface area (Å²) < 4.78 is 39.8. The molecule has 0 saturated heterocycles. The number of carboxylic acid groups (broad SMARTS) is 1. The van der Waals surface area contributed by atoms with Gasteiger partial charge in [0.25, 0.3) is 5.78 Å². The van der Waals surface area contributed by atoms with Crippen LogP contribution < -0.4 is 0 Å². The number of rotatable bonds is 5. The minimum absolute atomic E-state index is 0.170. The zero-order valence-corrected chi connectivity index (χ0v) is 15.3. The van der Waals surface area contributed by atoms with Gasteiger partial charge in [-0.15, -0.1) is 0 Å². The van der Waals surface area contributed by atoms with Crippen LogP contribution in [-0.2, 0) is 22.3 Å². The molecular weight excluding hydrogens is 411 g/mol. The van der Waals surface area contributed by atoms with Crippen LogP contribution in [0.5, 0.6) is 0 Å². The normalized spacial score (nSPS) is 12.3. The lowest BCUT2D eigenvalue weighted by molar-refractivity contribution is -0.146. The highest BCUT2D eigenvalue weighted by molar-refractivity contribution is 6.38. The number of carbonyl (C=O) groups is 2. The van der Waals surface area contributed by atoms with E-state index in [0.717, 1.165) is 12.1 Å². The molecule has 9 heteroatoms. The average molecular weight is 424 g/mol. The Balaban J connectivity index is 2.03. The Morgan fingerprint density at radius 3 is 2.31 bits per heavy atom. The van der Waals surface area contributed by atoms with Crippen molar-refractivity contribution < 1.29 is 33.0 Å². The highest BCUT2D eigenvalue weighted by atomic mass is 35.5. The van der Waals surface area contributed by atoms with E-state index in [4.69, 9.17) is 16.7 Å². The van der Waals surface area contributed by atoms with Crippen LogP contribution in [-0.4, -0.2) is 26.5 Å². The Hall–Kier alpha value is -3.26. The Morgan fingerprint density at radius 1 is 1.07 bits per heavy atom. The molecule has 0 saturated carbocycles. The molecular formula is C20H13ClF3NO4. The van der Waals surface area contributed by atoms with E-state index >= 15 is 0 Å². The van der Waals surface area contributed by atoms with Gasteiger partial charge in [-0.25, -0.2) is 4.79 Å². The number of benzene rings is 2. The molecule has 0 unspecified atom stereocenters. The molecule has 0 atom stereocenters. The summed E-state index contributed by atoms with van der Waals surface area (Å²) in [6.07, 6.45) is -2.38. The number of alkyl halides is 3. The van der Waals surface area contributed by atoms with E-state index in [0.29, 0.717) is 27.6 Å². The number of aromatic nitrogens is 1. The van der Waals surface area contributed by atoms with Crippen molar-refractivity contribution in [1.82, 2.24) is 4.57 Å². The summed E-state index contributed by atoms with van der Waals surface area (Å²) in [6, 6.07) is 9.41. The molecule has 0 aliphatic rings. The molecule has 0 radical (unpaired) electrons. The molecule has 5 nitrogen and oxygen atoms in total. The summed E-state index contributed by atoms with van der Waals surface area (Å²) in [7, 11) is 0. The second kappa shape index (κ2) is 7.63. The van der Waals surface area contributed by atoms with E-state index in [1.54, 1.807) is 16.7 Å². The number of carboxylic acids is 1. The summed E-state index contributed by atoms with van der Waals surface area (Å²) >= 11 is 6.00. The first-order chi connectivity index (χ1) is 13.6. The zero-order chi connectivity index (χ0) is 21.3. The van der Waals surface area contributed by atoms with Gasteiger partial charge in [-0.2, -0.15) is 13.2 Å². The van der Waals surface area contributed by atoms with Crippen LogP contribution in [0.4, 0.5) is 13.2 Å². The minimum Gasteiger partial charge on any atom is -0.507 e. The fourth-order valence-corrected chi connectivity index (χ4v) is 3.04. The third kappa shape index (κ3) is 4.43. The maximum atomic E-state index is 12.7. The van der Waals surface area contributed by atoms with Crippen LogP contribution in [0.15, 0.2) is 54.7 Å². The third-order valence-electron chi connectivity index (χ3n) is 4.23. The van der Waals surface area contributed by atoms with Crippen molar-refractivity contribution in [2.24, 2.45) is 0 Å². The van der Waals surface area contributed by atoms with Crippen molar-refractivity contribution in [2.45, 2.75) is 12.7 Å².